The summed E-state index contributed by atoms with van der Waals surface area (Å²) in [6, 6.07) is 0. The molecule has 0 saturated carbocycles. The topological polar surface area (TPSA) is 38.3 Å². The molecule has 0 radical (unpaired) electrons. The molecule has 1 aromatic heterocycles. The molecule has 5 heteroatoms. The Hall–Kier alpha value is -0.130. The molecular formula is C6H8N2OS2. The monoisotopic (exact) mass is 188 g/mol. The molecule has 2 heterocycles. The van der Waals surface area contributed by atoms with E-state index >= 15 is 0 Å². The first-order valence-corrected chi connectivity index (χ1v) is 5.19. The molecule has 11 heavy (non-hydrogen) atoms. The van der Waals surface area contributed by atoms with E-state index in [1.54, 1.807) is 23.1 Å². The number of epoxide rings is 1. The van der Waals surface area contributed by atoms with Gasteiger partial charge in [0.2, 0.25) is 0 Å². The molecule has 0 amide bonds. The fourth-order valence-corrected chi connectivity index (χ4v) is 2.50. The Kier molecular flexibility index (Phi) is 2.11. The lowest BCUT2D eigenvalue weighted by Crippen LogP contribution is -1.87. The third kappa shape index (κ3) is 2.15. The summed E-state index contributed by atoms with van der Waals surface area (Å²) in [5.41, 5.74) is 0. The van der Waals surface area contributed by atoms with Crippen molar-refractivity contribution >= 4 is 23.1 Å². The van der Waals surface area contributed by atoms with E-state index in [2.05, 4.69) is 10.2 Å². The highest BCUT2D eigenvalue weighted by Gasteiger charge is 2.22. The standard InChI is InChI=1S/C6H8N2OS2/c1-4-7-8-6(11-4)10-3-5-2-9-5/h5H,2-3H2,1H3. The van der Waals surface area contributed by atoms with Crippen LogP contribution in [0, 0.1) is 6.92 Å². The number of hydrogen-bond donors (Lipinski definition) is 0. The second-order valence-electron chi connectivity index (χ2n) is 2.35. The van der Waals surface area contributed by atoms with E-state index in [0.717, 1.165) is 21.7 Å². The summed E-state index contributed by atoms with van der Waals surface area (Å²) in [4.78, 5) is 0. The van der Waals surface area contributed by atoms with Crippen molar-refractivity contribution in [1.29, 1.82) is 0 Å². The van der Waals surface area contributed by atoms with E-state index in [9.17, 15) is 0 Å². The highest BCUT2D eigenvalue weighted by atomic mass is 32.2. The quantitative estimate of drug-likeness (QED) is 0.530. The number of thioether (sulfide) groups is 1. The number of aryl methyl sites for hydroxylation is 1. The van der Waals surface area contributed by atoms with Gasteiger partial charge in [-0.25, -0.2) is 0 Å². The highest BCUT2D eigenvalue weighted by molar-refractivity contribution is 8.01. The van der Waals surface area contributed by atoms with Crippen LogP contribution in [0.15, 0.2) is 4.34 Å². The average molecular weight is 188 g/mol. The smallest absolute Gasteiger partial charge is 0.174 e. The van der Waals surface area contributed by atoms with E-state index in [1.165, 1.54) is 0 Å². The highest BCUT2D eigenvalue weighted by Crippen LogP contribution is 2.25. The van der Waals surface area contributed by atoms with Crippen LogP contribution in [0.4, 0.5) is 0 Å². The summed E-state index contributed by atoms with van der Waals surface area (Å²) in [5.74, 6) is 1.02. The molecule has 1 aliphatic heterocycles. The Labute approximate surface area is 73.2 Å². The third-order valence-corrected chi connectivity index (χ3v) is 3.41. The zero-order chi connectivity index (χ0) is 7.68. The lowest BCUT2D eigenvalue weighted by Gasteiger charge is -1.88. The van der Waals surface area contributed by atoms with Gasteiger partial charge < -0.3 is 4.74 Å². The van der Waals surface area contributed by atoms with Gasteiger partial charge in [0.15, 0.2) is 4.34 Å². The van der Waals surface area contributed by atoms with Crippen molar-refractivity contribution in [2.45, 2.75) is 17.4 Å². The second-order valence-corrected chi connectivity index (χ2v) is 4.80. The van der Waals surface area contributed by atoms with Crippen molar-refractivity contribution in [1.82, 2.24) is 10.2 Å². The SMILES string of the molecule is Cc1nnc(SCC2CO2)s1. The fraction of sp³-hybridized carbons (Fsp3) is 0.667. The van der Waals surface area contributed by atoms with Gasteiger partial charge in [-0.1, -0.05) is 23.1 Å². The Balaban J connectivity index is 1.85. The largest absolute Gasteiger partial charge is 0.372 e. The van der Waals surface area contributed by atoms with Crippen LogP contribution < -0.4 is 0 Å². The second kappa shape index (κ2) is 3.08. The predicted molar refractivity (Wildman–Crippen MR) is 45.1 cm³/mol. The first-order valence-electron chi connectivity index (χ1n) is 3.39. The molecule has 0 bridgehead atoms. The van der Waals surface area contributed by atoms with Crippen LogP contribution in [0.2, 0.25) is 0 Å². The molecule has 3 nitrogen and oxygen atoms in total. The van der Waals surface area contributed by atoms with Crippen LogP contribution in [0.3, 0.4) is 0 Å². The molecule has 0 N–H and O–H groups in total. The van der Waals surface area contributed by atoms with Crippen LogP contribution in [0.5, 0.6) is 0 Å². The van der Waals surface area contributed by atoms with E-state index in [4.69, 9.17) is 4.74 Å². The number of ether oxygens (including phenoxy) is 1. The van der Waals surface area contributed by atoms with Gasteiger partial charge in [0, 0.05) is 5.75 Å². The Morgan fingerprint density at radius 3 is 3.09 bits per heavy atom. The summed E-state index contributed by atoms with van der Waals surface area (Å²) in [5, 5.41) is 8.94. The van der Waals surface area contributed by atoms with Crippen LogP contribution in [-0.4, -0.2) is 28.7 Å². The van der Waals surface area contributed by atoms with Gasteiger partial charge in [0.1, 0.15) is 5.01 Å². The van der Waals surface area contributed by atoms with Gasteiger partial charge in [0.05, 0.1) is 12.7 Å². The Morgan fingerprint density at radius 2 is 2.55 bits per heavy atom. The van der Waals surface area contributed by atoms with Gasteiger partial charge in [-0.05, 0) is 6.92 Å². The maximum atomic E-state index is 5.07. The first kappa shape index (κ1) is 7.52. The fourth-order valence-electron chi connectivity index (χ4n) is 0.665. The van der Waals surface area contributed by atoms with Gasteiger partial charge in [-0.2, -0.15) is 0 Å². The molecule has 0 aromatic carbocycles. The van der Waals surface area contributed by atoms with Crippen molar-refractivity contribution in [2.24, 2.45) is 0 Å². The van der Waals surface area contributed by atoms with Gasteiger partial charge in [-0.15, -0.1) is 10.2 Å². The van der Waals surface area contributed by atoms with Crippen LogP contribution >= 0.6 is 23.1 Å². The minimum absolute atomic E-state index is 0.476. The molecular weight excluding hydrogens is 180 g/mol. The van der Waals surface area contributed by atoms with E-state index in [-0.39, 0.29) is 0 Å². The van der Waals surface area contributed by atoms with Gasteiger partial charge in [0.25, 0.3) is 0 Å². The summed E-state index contributed by atoms with van der Waals surface area (Å²) in [6.07, 6.45) is 0.476. The lowest BCUT2D eigenvalue weighted by atomic mass is 10.6. The Morgan fingerprint density at radius 1 is 1.73 bits per heavy atom. The molecule has 1 aromatic rings. The molecule has 1 unspecified atom stereocenters. The molecule has 1 fully saturated rings. The van der Waals surface area contributed by atoms with Crippen molar-refractivity contribution in [3.8, 4) is 0 Å². The normalized spacial score (nSPS) is 22.1. The predicted octanol–water partition coefficient (Wildman–Crippen LogP) is 1.34. The number of hydrogen-bond acceptors (Lipinski definition) is 5. The molecule has 1 atom stereocenters. The van der Waals surface area contributed by atoms with Crippen LogP contribution in [0.1, 0.15) is 5.01 Å². The maximum absolute atomic E-state index is 5.07. The van der Waals surface area contributed by atoms with Crippen molar-refractivity contribution in [2.75, 3.05) is 12.4 Å². The van der Waals surface area contributed by atoms with Gasteiger partial charge >= 0.3 is 0 Å². The summed E-state index contributed by atoms with van der Waals surface area (Å²) >= 11 is 3.37. The summed E-state index contributed by atoms with van der Waals surface area (Å²) in [7, 11) is 0. The minimum atomic E-state index is 0.476. The van der Waals surface area contributed by atoms with Crippen LogP contribution in [0.25, 0.3) is 0 Å². The zero-order valence-corrected chi connectivity index (χ0v) is 7.74. The average Bonchev–Trinajstić information content (AvgIpc) is 2.72. The zero-order valence-electron chi connectivity index (χ0n) is 6.11. The molecule has 60 valence electrons. The van der Waals surface area contributed by atoms with E-state index in [1.807, 2.05) is 6.92 Å². The summed E-state index contributed by atoms with van der Waals surface area (Å²) < 4.78 is 6.13. The molecule has 0 aliphatic carbocycles. The Bertz CT molecular complexity index is 246. The molecule has 1 aliphatic rings. The van der Waals surface area contributed by atoms with Gasteiger partial charge in [-0.3, -0.25) is 0 Å². The van der Waals surface area contributed by atoms with E-state index in [0.29, 0.717) is 6.10 Å². The first-order chi connectivity index (χ1) is 5.34. The molecule has 1 saturated heterocycles. The van der Waals surface area contributed by atoms with Crippen molar-refractivity contribution < 1.29 is 4.74 Å². The summed E-state index contributed by atoms with van der Waals surface area (Å²) in [6.45, 7) is 2.89. The van der Waals surface area contributed by atoms with E-state index < -0.39 is 0 Å². The molecule has 0 spiro atoms. The van der Waals surface area contributed by atoms with Crippen molar-refractivity contribution in [3.05, 3.63) is 5.01 Å². The number of rotatable bonds is 3. The number of aromatic nitrogens is 2. The number of nitrogens with zero attached hydrogens (tertiary/aromatic N) is 2. The maximum Gasteiger partial charge on any atom is 0.174 e. The third-order valence-electron chi connectivity index (χ3n) is 1.30. The van der Waals surface area contributed by atoms with Crippen LogP contribution in [-0.2, 0) is 4.74 Å². The molecule has 2 rings (SSSR count). The lowest BCUT2D eigenvalue weighted by molar-refractivity contribution is 0.426. The minimum Gasteiger partial charge on any atom is -0.372 e. The van der Waals surface area contributed by atoms with Crippen molar-refractivity contribution in [3.63, 3.8) is 0 Å².